The number of morpholine rings is 1. The maximum atomic E-state index is 12.3. The third kappa shape index (κ3) is 7.45. The number of allylic oxidation sites excluding steroid dienone is 1. The van der Waals surface area contributed by atoms with E-state index in [4.69, 9.17) is 22.1 Å². The summed E-state index contributed by atoms with van der Waals surface area (Å²) in [5, 5.41) is 7.12. The molecule has 4 N–H and O–H groups in total. The predicted octanol–water partition coefficient (Wildman–Crippen LogP) is 3.72. The van der Waals surface area contributed by atoms with E-state index >= 15 is 0 Å². The summed E-state index contributed by atoms with van der Waals surface area (Å²) >= 11 is 7.22. The molecule has 0 radical (unpaired) electrons. The SMILES string of the molecule is C=C(N=C/C=C(\N)c1sc(NC(=O)CCN2CCOCC2)nc1C)Nc1ccc(Cl)cc1. The lowest BCUT2D eigenvalue weighted by molar-refractivity contribution is -0.116. The lowest BCUT2D eigenvalue weighted by atomic mass is 10.3. The average molecular weight is 475 g/mol. The normalized spacial score (nSPS) is 15.1. The van der Waals surface area contributed by atoms with Gasteiger partial charge in [0.05, 0.1) is 29.5 Å². The van der Waals surface area contributed by atoms with E-state index in [9.17, 15) is 4.79 Å². The second-order valence-corrected chi connectivity index (χ2v) is 8.60. The van der Waals surface area contributed by atoms with Gasteiger partial charge in [0.15, 0.2) is 5.13 Å². The van der Waals surface area contributed by atoms with Gasteiger partial charge < -0.3 is 21.1 Å². The van der Waals surface area contributed by atoms with Crippen LogP contribution in [0.2, 0.25) is 5.02 Å². The molecule has 32 heavy (non-hydrogen) atoms. The maximum absolute atomic E-state index is 12.3. The lowest BCUT2D eigenvalue weighted by Gasteiger charge is -2.26. The maximum Gasteiger partial charge on any atom is 0.227 e. The van der Waals surface area contributed by atoms with E-state index in [1.807, 2.05) is 19.1 Å². The zero-order valence-corrected chi connectivity index (χ0v) is 19.5. The van der Waals surface area contributed by atoms with Crippen LogP contribution in [0.15, 0.2) is 47.7 Å². The van der Waals surface area contributed by atoms with E-state index in [2.05, 4.69) is 32.1 Å². The van der Waals surface area contributed by atoms with Gasteiger partial charge in [-0.2, -0.15) is 0 Å². The highest BCUT2D eigenvalue weighted by molar-refractivity contribution is 7.16. The largest absolute Gasteiger partial charge is 0.397 e. The highest BCUT2D eigenvalue weighted by Crippen LogP contribution is 2.26. The molecule has 3 rings (SSSR count). The molecule has 0 bridgehead atoms. The molecule has 0 atom stereocenters. The van der Waals surface area contributed by atoms with Crippen molar-refractivity contribution < 1.29 is 9.53 Å². The van der Waals surface area contributed by atoms with Gasteiger partial charge in [-0.15, -0.1) is 0 Å². The molecule has 8 nitrogen and oxygen atoms in total. The monoisotopic (exact) mass is 474 g/mol. The minimum atomic E-state index is -0.0644. The van der Waals surface area contributed by atoms with E-state index in [0.29, 0.717) is 34.6 Å². The number of hydrogen-bond acceptors (Lipinski definition) is 8. The van der Waals surface area contributed by atoms with Gasteiger partial charge in [-0.1, -0.05) is 29.5 Å². The van der Waals surface area contributed by atoms with Crippen LogP contribution in [0.5, 0.6) is 0 Å². The molecule has 0 spiro atoms. The number of carbonyl (C=O) groups is 1. The Morgan fingerprint density at radius 3 is 2.78 bits per heavy atom. The molecule has 1 aromatic carbocycles. The first-order chi connectivity index (χ1) is 15.4. The van der Waals surface area contributed by atoms with Crippen molar-refractivity contribution in [1.29, 1.82) is 0 Å². The highest BCUT2D eigenvalue weighted by Gasteiger charge is 2.14. The number of carbonyl (C=O) groups excluding carboxylic acids is 1. The molecule has 0 aliphatic carbocycles. The summed E-state index contributed by atoms with van der Waals surface area (Å²) in [4.78, 5) is 23.9. The van der Waals surface area contributed by atoms with Crippen LogP contribution in [0.4, 0.5) is 10.8 Å². The minimum absolute atomic E-state index is 0.0644. The molecule has 0 saturated carbocycles. The fourth-order valence-corrected chi connectivity index (χ4v) is 4.05. The molecule has 1 aliphatic heterocycles. The Kier molecular flexibility index (Phi) is 8.81. The molecule has 1 saturated heterocycles. The first-order valence-electron chi connectivity index (χ1n) is 10.2. The summed E-state index contributed by atoms with van der Waals surface area (Å²) < 4.78 is 5.32. The quantitative estimate of drug-likeness (QED) is 0.478. The molecule has 1 fully saturated rings. The molecule has 10 heteroatoms. The van der Waals surface area contributed by atoms with Gasteiger partial charge in [0.2, 0.25) is 5.91 Å². The zero-order valence-electron chi connectivity index (χ0n) is 17.9. The smallest absolute Gasteiger partial charge is 0.227 e. The number of benzene rings is 1. The Labute approximate surface area is 196 Å². The van der Waals surface area contributed by atoms with E-state index in [-0.39, 0.29) is 5.91 Å². The summed E-state index contributed by atoms with van der Waals surface area (Å²) in [5.74, 6) is 0.399. The Balaban J connectivity index is 1.51. The highest BCUT2D eigenvalue weighted by atomic mass is 35.5. The van der Waals surface area contributed by atoms with Crippen molar-refractivity contribution in [3.8, 4) is 0 Å². The summed E-state index contributed by atoms with van der Waals surface area (Å²) in [7, 11) is 0. The van der Waals surface area contributed by atoms with Gasteiger partial charge in [-0.05, 0) is 37.3 Å². The van der Waals surface area contributed by atoms with E-state index in [0.717, 1.165) is 42.6 Å². The topological polar surface area (TPSA) is 105 Å². The van der Waals surface area contributed by atoms with Crippen LogP contribution < -0.4 is 16.4 Å². The van der Waals surface area contributed by atoms with Crippen molar-refractivity contribution in [2.45, 2.75) is 13.3 Å². The number of aromatic nitrogens is 1. The number of ether oxygens (including phenoxy) is 1. The van der Waals surface area contributed by atoms with Crippen LogP contribution in [0.3, 0.4) is 0 Å². The van der Waals surface area contributed by atoms with Gasteiger partial charge >= 0.3 is 0 Å². The summed E-state index contributed by atoms with van der Waals surface area (Å²) in [6.45, 7) is 9.59. The van der Waals surface area contributed by atoms with E-state index in [1.54, 1.807) is 24.4 Å². The van der Waals surface area contributed by atoms with Crippen molar-refractivity contribution >= 4 is 51.6 Å². The van der Waals surface area contributed by atoms with Crippen molar-refractivity contribution in [2.75, 3.05) is 43.5 Å². The Morgan fingerprint density at radius 1 is 1.34 bits per heavy atom. The van der Waals surface area contributed by atoms with Crippen molar-refractivity contribution in [3.05, 3.63) is 58.3 Å². The van der Waals surface area contributed by atoms with E-state index in [1.165, 1.54) is 11.3 Å². The van der Waals surface area contributed by atoms with Gasteiger partial charge in [0.1, 0.15) is 5.82 Å². The lowest BCUT2D eigenvalue weighted by Crippen LogP contribution is -2.38. The second-order valence-electron chi connectivity index (χ2n) is 7.16. The number of aryl methyl sites for hydroxylation is 1. The van der Waals surface area contributed by atoms with Gasteiger partial charge in [0, 0.05) is 43.0 Å². The number of aliphatic imine (C=N–C) groups is 1. The number of thiazole rings is 1. The number of nitrogens with one attached hydrogen (secondary N) is 2. The first-order valence-corrected chi connectivity index (χ1v) is 11.4. The number of amides is 1. The predicted molar refractivity (Wildman–Crippen MR) is 132 cm³/mol. The molecule has 2 aromatic rings. The summed E-state index contributed by atoms with van der Waals surface area (Å²) in [5.41, 5.74) is 8.29. The van der Waals surface area contributed by atoms with Crippen LogP contribution in [-0.2, 0) is 9.53 Å². The zero-order chi connectivity index (χ0) is 22.9. The molecule has 1 aromatic heterocycles. The fraction of sp³-hybridized carbons (Fsp3) is 0.318. The molecular weight excluding hydrogens is 448 g/mol. The van der Waals surface area contributed by atoms with Crippen LogP contribution in [0.1, 0.15) is 17.0 Å². The van der Waals surface area contributed by atoms with Crippen molar-refractivity contribution in [2.24, 2.45) is 10.7 Å². The Bertz CT molecular complexity index is 996. The summed E-state index contributed by atoms with van der Waals surface area (Å²) in [6, 6.07) is 7.24. The fourth-order valence-electron chi connectivity index (χ4n) is 3.00. The minimum Gasteiger partial charge on any atom is -0.397 e. The average Bonchev–Trinajstić information content (AvgIpc) is 3.14. The number of rotatable bonds is 9. The standard InChI is InChI=1S/C22H27ClN6O2S/c1-15-21(19(24)7-9-25-16(2)27-18-5-3-17(23)4-6-18)32-22(26-15)28-20(30)8-10-29-11-13-31-14-12-29/h3-7,9,27H,2,8,10-14,24H2,1H3,(H,26,28,30)/b19-7-,25-9?. The van der Waals surface area contributed by atoms with Crippen LogP contribution in [0, 0.1) is 6.92 Å². The number of anilines is 2. The van der Waals surface area contributed by atoms with Gasteiger partial charge in [-0.3, -0.25) is 9.69 Å². The molecule has 1 aliphatic rings. The number of nitrogens with zero attached hydrogens (tertiary/aromatic N) is 3. The number of nitrogens with two attached hydrogens (primary N) is 1. The molecular formula is C22H27ClN6O2S. The van der Waals surface area contributed by atoms with Gasteiger partial charge in [0.25, 0.3) is 0 Å². The molecule has 0 unspecified atom stereocenters. The van der Waals surface area contributed by atoms with Crippen LogP contribution >= 0.6 is 22.9 Å². The Morgan fingerprint density at radius 2 is 2.06 bits per heavy atom. The van der Waals surface area contributed by atoms with Gasteiger partial charge in [-0.25, -0.2) is 9.98 Å². The van der Waals surface area contributed by atoms with Crippen LogP contribution in [0.25, 0.3) is 5.70 Å². The van der Waals surface area contributed by atoms with Crippen molar-refractivity contribution in [1.82, 2.24) is 9.88 Å². The summed E-state index contributed by atoms with van der Waals surface area (Å²) in [6.07, 6.45) is 3.66. The number of hydrogen-bond donors (Lipinski definition) is 3. The van der Waals surface area contributed by atoms with Crippen molar-refractivity contribution in [3.63, 3.8) is 0 Å². The second kappa shape index (κ2) is 11.8. The number of halogens is 1. The van der Waals surface area contributed by atoms with Crippen LogP contribution in [-0.4, -0.2) is 54.9 Å². The molecule has 170 valence electrons. The molecule has 2 heterocycles. The Hall–Kier alpha value is -2.72. The molecule has 1 amide bonds. The first kappa shape index (κ1) is 23.9. The third-order valence-corrected chi connectivity index (χ3v) is 6.06. The van der Waals surface area contributed by atoms with E-state index < -0.39 is 0 Å². The third-order valence-electron chi connectivity index (χ3n) is 4.68.